The third-order valence-corrected chi connectivity index (χ3v) is 7.38. The van der Waals surface area contributed by atoms with E-state index < -0.39 is 9.84 Å². The van der Waals surface area contributed by atoms with Crippen LogP contribution < -0.4 is 10.1 Å². The molecule has 1 N–H and O–H groups in total. The summed E-state index contributed by atoms with van der Waals surface area (Å²) in [5.41, 5.74) is 2.76. The Morgan fingerprint density at radius 3 is 2.39 bits per heavy atom. The van der Waals surface area contributed by atoms with Crippen LogP contribution in [0.4, 0.5) is 5.13 Å². The van der Waals surface area contributed by atoms with Crippen molar-refractivity contribution in [3.63, 3.8) is 0 Å². The molecule has 0 unspecified atom stereocenters. The molecule has 1 amide bonds. The van der Waals surface area contributed by atoms with E-state index in [0.717, 1.165) is 27.4 Å². The first-order chi connectivity index (χ1) is 14.8. The second-order valence-electron chi connectivity index (χ2n) is 7.16. The summed E-state index contributed by atoms with van der Waals surface area (Å²) in [6.07, 6.45) is 0.361. The number of benzene rings is 2. The summed E-state index contributed by atoms with van der Waals surface area (Å²) < 4.78 is 30.3. The predicted molar refractivity (Wildman–Crippen MR) is 125 cm³/mol. The number of aryl methyl sites for hydroxylation is 2. The molecule has 164 valence electrons. The lowest BCUT2D eigenvalue weighted by atomic mass is 10.1. The Bertz CT molecular complexity index is 1140. The van der Waals surface area contributed by atoms with E-state index in [1.807, 2.05) is 45.0 Å². The number of anilines is 1. The molecule has 0 saturated carbocycles. The minimum Gasteiger partial charge on any atom is -0.494 e. The second kappa shape index (κ2) is 10.1. The van der Waals surface area contributed by atoms with Crippen LogP contribution in [-0.4, -0.2) is 31.7 Å². The molecule has 0 spiro atoms. The number of nitrogens with zero attached hydrogens (tertiary/aromatic N) is 1. The Morgan fingerprint density at radius 1 is 1.06 bits per heavy atom. The fourth-order valence-corrected chi connectivity index (χ4v) is 5.22. The van der Waals surface area contributed by atoms with E-state index in [1.165, 1.54) is 11.3 Å². The van der Waals surface area contributed by atoms with E-state index in [9.17, 15) is 13.2 Å². The molecule has 6 nitrogen and oxygen atoms in total. The van der Waals surface area contributed by atoms with Crippen molar-refractivity contribution in [1.82, 2.24) is 4.98 Å². The Labute approximate surface area is 187 Å². The summed E-state index contributed by atoms with van der Waals surface area (Å²) in [4.78, 5) is 18.1. The number of hydrogen-bond acceptors (Lipinski definition) is 6. The molecule has 0 bridgehead atoms. The molecule has 0 saturated heterocycles. The number of ether oxygens (including phenoxy) is 1. The average Bonchev–Trinajstić information content (AvgIpc) is 3.09. The number of hydrogen-bond donors (Lipinski definition) is 1. The Balaban J connectivity index is 1.56. The van der Waals surface area contributed by atoms with Crippen molar-refractivity contribution in [2.24, 2.45) is 0 Å². The molecular weight excluding hydrogens is 432 g/mol. The lowest BCUT2D eigenvalue weighted by Gasteiger charge is -2.05. The van der Waals surface area contributed by atoms with Gasteiger partial charge in [0.2, 0.25) is 5.91 Å². The number of amides is 1. The molecule has 0 aliphatic heterocycles. The normalized spacial score (nSPS) is 11.3. The standard InChI is InChI=1S/C23H26N2O4S2/c1-4-29-19-11-9-18(10-12-19)22-17(3)30-23(25-22)24-21(26)6-5-15-31(27,28)20-13-7-16(2)8-14-20/h7-14H,4-6,15H2,1-3H3,(H,24,25,26). The van der Waals surface area contributed by atoms with Gasteiger partial charge in [0.05, 0.1) is 22.9 Å². The monoisotopic (exact) mass is 458 g/mol. The topological polar surface area (TPSA) is 85.4 Å². The molecule has 0 radical (unpaired) electrons. The van der Waals surface area contributed by atoms with Crippen LogP contribution in [0.1, 0.15) is 30.2 Å². The largest absolute Gasteiger partial charge is 0.494 e. The van der Waals surface area contributed by atoms with Crippen molar-refractivity contribution in [2.45, 2.75) is 38.5 Å². The van der Waals surface area contributed by atoms with Crippen molar-refractivity contribution >= 4 is 32.2 Å². The third kappa shape index (κ3) is 6.15. The molecule has 1 heterocycles. The summed E-state index contributed by atoms with van der Waals surface area (Å²) in [6, 6.07) is 14.4. The van der Waals surface area contributed by atoms with Crippen LogP contribution in [0.15, 0.2) is 53.4 Å². The number of sulfone groups is 1. The van der Waals surface area contributed by atoms with Crippen LogP contribution in [0.3, 0.4) is 0 Å². The molecule has 1 aromatic heterocycles. The van der Waals surface area contributed by atoms with E-state index >= 15 is 0 Å². The number of aromatic nitrogens is 1. The summed E-state index contributed by atoms with van der Waals surface area (Å²) in [6.45, 7) is 6.40. The van der Waals surface area contributed by atoms with Crippen molar-refractivity contribution in [1.29, 1.82) is 0 Å². The molecule has 31 heavy (non-hydrogen) atoms. The van der Waals surface area contributed by atoms with Crippen LogP contribution in [-0.2, 0) is 14.6 Å². The highest BCUT2D eigenvalue weighted by Gasteiger charge is 2.16. The Kier molecular flexibility index (Phi) is 7.46. The summed E-state index contributed by atoms with van der Waals surface area (Å²) in [5.74, 6) is 0.483. The highest BCUT2D eigenvalue weighted by atomic mass is 32.2. The predicted octanol–water partition coefficient (Wildman–Crippen LogP) is 5.02. The van der Waals surface area contributed by atoms with E-state index in [4.69, 9.17) is 4.74 Å². The quantitative estimate of drug-likeness (QED) is 0.487. The van der Waals surface area contributed by atoms with Gasteiger partial charge in [-0.05, 0) is 63.6 Å². The van der Waals surface area contributed by atoms with Crippen molar-refractivity contribution < 1.29 is 17.9 Å². The molecule has 0 aliphatic rings. The van der Waals surface area contributed by atoms with Crippen molar-refractivity contribution in [3.8, 4) is 17.0 Å². The molecule has 2 aromatic carbocycles. The average molecular weight is 459 g/mol. The number of thiazole rings is 1. The first kappa shape index (κ1) is 23.0. The van der Waals surface area contributed by atoms with E-state index in [-0.39, 0.29) is 29.4 Å². The molecule has 8 heteroatoms. The van der Waals surface area contributed by atoms with Gasteiger partial charge in [0.25, 0.3) is 0 Å². The third-order valence-electron chi connectivity index (χ3n) is 4.68. The molecular formula is C23H26N2O4S2. The van der Waals surface area contributed by atoms with Crippen LogP contribution >= 0.6 is 11.3 Å². The lowest BCUT2D eigenvalue weighted by molar-refractivity contribution is -0.116. The number of nitrogens with one attached hydrogen (secondary N) is 1. The summed E-state index contributed by atoms with van der Waals surface area (Å²) in [5, 5.41) is 3.29. The maximum absolute atomic E-state index is 12.4. The minimum absolute atomic E-state index is 0.0716. The van der Waals surface area contributed by atoms with E-state index in [1.54, 1.807) is 24.3 Å². The van der Waals surface area contributed by atoms with Crippen LogP contribution in [0.25, 0.3) is 11.3 Å². The van der Waals surface area contributed by atoms with Gasteiger partial charge in [-0.3, -0.25) is 4.79 Å². The second-order valence-corrected chi connectivity index (χ2v) is 10.5. The first-order valence-corrected chi connectivity index (χ1v) is 12.6. The highest BCUT2D eigenvalue weighted by molar-refractivity contribution is 7.91. The first-order valence-electron chi connectivity index (χ1n) is 10.1. The molecule has 0 fully saturated rings. The zero-order valence-electron chi connectivity index (χ0n) is 17.8. The Hall–Kier alpha value is -2.71. The maximum Gasteiger partial charge on any atom is 0.226 e. The van der Waals surface area contributed by atoms with Crippen LogP contribution in [0, 0.1) is 13.8 Å². The van der Waals surface area contributed by atoms with E-state index in [0.29, 0.717) is 11.7 Å². The SMILES string of the molecule is CCOc1ccc(-c2nc(NC(=O)CCCS(=O)(=O)c3ccc(C)cc3)sc2C)cc1. The number of carbonyl (C=O) groups excluding carboxylic acids is 1. The molecule has 3 rings (SSSR count). The van der Waals surface area contributed by atoms with Gasteiger partial charge < -0.3 is 10.1 Å². The summed E-state index contributed by atoms with van der Waals surface area (Å²) in [7, 11) is -3.40. The van der Waals surface area contributed by atoms with Crippen LogP contribution in [0.2, 0.25) is 0 Å². The molecule has 0 aliphatic carbocycles. The Morgan fingerprint density at radius 2 is 1.74 bits per heavy atom. The zero-order chi connectivity index (χ0) is 22.4. The van der Waals surface area contributed by atoms with Gasteiger partial charge in [-0.15, -0.1) is 11.3 Å². The van der Waals surface area contributed by atoms with Gasteiger partial charge in [-0.2, -0.15) is 0 Å². The fraction of sp³-hybridized carbons (Fsp3) is 0.304. The van der Waals surface area contributed by atoms with Crippen molar-refractivity contribution in [3.05, 3.63) is 59.0 Å². The summed E-state index contributed by atoms with van der Waals surface area (Å²) >= 11 is 1.40. The van der Waals surface area contributed by atoms with Gasteiger partial charge in [-0.25, -0.2) is 13.4 Å². The zero-order valence-corrected chi connectivity index (χ0v) is 19.5. The van der Waals surface area contributed by atoms with E-state index in [2.05, 4.69) is 10.3 Å². The minimum atomic E-state index is -3.40. The highest BCUT2D eigenvalue weighted by Crippen LogP contribution is 2.31. The lowest BCUT2D eigenvalue weighted by Crippen LogP contribution is -2.14. The van der Waals surface area contributed by atoms with Gasteiger partial charge in [-0.1, -0.05) is 17.7 Å². The molecule has 3 aromatic rings. The maximum atomic E-state index is 12.4. The van der Waals surface area contributed by atoms with Gasteiger partial charge in [0, 0.05) is 16.9 Å². The van der Waals surface area contributed by atoms with Gasteiger partial charge in [0.15, 0.2) is 15.0 Å². The van der Waals surface area contributed by atoms with Gasteiger partial charge >= 0.3 is 0 Å². The van der Waals surface area contributed by atoms with Gasteiger partial charge in [0.1, 0.15) is 5.75 Å². The number of rotatable bonds is 9. The molecule has 0 atom stereocenters. The number of carbonyl (C=O) groups is 1. The van der Waals surface area contributed by atoms with Crippen molar-refractivity contribution in [2.75, 3.05) is 17.7 Å². The smallest absolute Gasteiger partial charge is 0.226 e. The fourth-order valence-electron chi connectivity index (χ4n) is 3.06. The van der Waals surface area contributed by atoms with Crippen LogP contribution in [0.5, 0.6) is 5.75 Å².